The van der Waals surface area contributed by atoms with E-state index in [1.54, 1.807) is 11.8 Å². The minimum Gasteiger partial charge on any atom is -0.372 e. The Balaban J connectivity index is 1.92. The van der Waals surface area contributed by atoms with Crippen LogP contribution in [-0.2, 0) is 9.59 Å². The van der Waals surface area contributed by atoms with Crippen LogP contribution < -0.4 is 15.1 Å². The maximum Gasteiger partial charge on any atom is 0.223 e. The van der Waals surface area contributed by atoms with E-state index < -0.39 is 0 Å². The minimum atomic E-state index is -0.0368. The van der Waals surface area contributed by atoms with Gasteiger partial charge in [-0.2, -0.15) is 0 Å². The van der Waals surface area contributed by atoms with Crippen molar-refractivity contribution in [3.05, 3.63) is 24.3 Å². The molecule has 0 spiro atoms. The molecule has 1 saturated heterocycles. The van der Waals surface area contributed by atoms with Gasteiger partial charge in [-0.15, -0.1) is 0 Å². The number of anilines is 2. The summed E-state index contributed by atoms with van der Waals surface area (Å²) in [4.78, 5) is 27.8. The Hall–Kier alpha value is -2.04. The number of hydrogen-bond acceptors (Lipinski definition) is 3. The number of nitrogens with one attached hydrogen (secondary N) is 1. The molecule has 2 amide bonds. The summed E-state index contributed by atoms with van der Waals surface area (Å²) in [5, 5.41) is 2.89. The SMILES string of the molecule is CCCCNC(=O)CCN(C(C)=O)c1ccc(N2CCCC2)cc1. The van der Waals surface area contributed by atoms with E-state index in [2.05, 4.69) is 29.3 Å². The predicted molar refractivity (Wildman–Crippen MR) is 98.5 cm³/mol. The second-order valence-electron chi connectivity index (χ2n) is 6.33. The van der Waals surface area contributed by atoms with Crippen LogP contribution in [0.1, 0.15) is 46.0 Å². The van der Waals surface area contributed by atoms with Gasteiger partial charge in [-0.1, -0.05) is 13.3 Å². The molecule has 1 aliphatic rings. The van der Waals surface area contributed by atoms with E-state index in [0.29, 0.717) is 19.5 Å². The fourth-order valence-electron chi connectivity index (χ4n) is 2.99. The summed E-state index contributed by atoms with van der Waals surface area (Å²) < 4.78 is 0. The van der Waals surface area contributed by atoms with Gasteiger partial charge in [-0.05, 0) is 43.5 Å². The van der Waals surface area contributed by atoms with Crippen LogP contribution in [0.3, 0.4) is 0 Å². The average Bonchev–Trinajstić information content (AvgIpc) is 3.10. The van der Waals surface area contributed by atoms with Crippen molar-refractivity contribution >= 4 is 23.2 Å². The highest BCUT2D eigenvalue weighted by Crippen LogP contribution is 2.24. The van der Waals surface area contributed by atoms with E-state index in [0.717, 1.165) is 31.6 Å². The van der Waals surface area contributed by atoms with Crippen LogP contribution in [-0.4, -0.2) is 38.0 Å². The Labute approximate surface area is 145 Å². The lowest BCUT2D eigenvalue weighted by Crippen LogP contribution is -2.34. The van der Waals surface area contributed by atoms with Crippen LogP contribution in [0.4, 0.5) is 11.4 Å². The van der Waals surface area contributed by atoms with Crippen LogP contribution in [0.25, 0.3) is 0 Å². The van der Waals surface area contributed by atoms with Gasteiger partial charge in [0.05, 0.1) is 0 Å². The van der Waals surface area contributed by atoms with E-state index in [4.69, 9.17) is 0 Å². The first-order chi connectivity index (χ1) is 11.6. The summed E-state index contributed by atoms with van der Waals surface area (Å²) in [5.74, 6) is -0.0336. The first kappa shape index (κ1) is 18.3. The first-order valence-electron chi connectivity index (χ1n) is 9.01. The van der Waals surface area contributed by atoms with Gasteiger partial charge >= 0.3 is 0 Å². The number of carbonyl (C=O) groups excluding carboxylic acids is 2. The number of carbonyl (C=O) groups is 2. The van der Waals surface area contributed by atoms with Crippen LogP contribution >= 0.6 is 0 Å². The lowest BCUT2D eigenvalue weighted by atomic mass is 10.2. The molecule has 132 valence electrons. The molecule has 1 aliphatic heterocycles. The van der Waals surface area contributed by atoms with Crippen molar-refractivity contribution in [3.8, 4) is 0 Å². The Morgan fingerprint density at radius 3 is 2.42 bits per heavy atom. The van der Waals surface area contributed by atoms with Gasteiger partial charge in [0.2, 0.25) is 11.8 Å². The van der Waals surface area contributed by atoms with Crippen molar-refractivity contribution in [2.75, 3.05) is 36.0 Å². The number of hydrogen-bond donors (Lipinski definition) is 1. The fourth-order valence-corrected chi connectivity index (χ4v) is 2.99. The van der Waals surface area contributed by atoms with Crippen molar-refractivity contribution in [2.24, 2.45) is 0 Å². The molecule has 0 atom stereocenters. The summed E-state index contributed by atoms with van der Waals surface area (Å²) in [7, 11) is 0. The fraction of sp³-hybridized carbons (Fsp3) is 0.579. The van der Waals surface area contributed by atoms with E-state index in [9.17, 15) is 9.59 Å². The standard InChI is InChI=1S/C19H29N3O2/c1-3-4-12-20-19(24)11-15-22(16(2)23)18-9-7-17(8-10-18)21-13-5-6-14-21/h7-10H,3-6,11-15H2,1-2H3,(H,20,24). The molecule has 0 aliphatic carbocycles. The summed E-state index contributed by atoms with van der Waals surface area (Å²) in [6.07, 6.45) is 4.86. The van der Waals surface area contributed by atoms with Crippen molar-refractivity contribution < 1.29 is 9.59 Å². The lowest BCUT2D eigenvalue weighted by molar-refractivity contribution is -0.121. The Kier molecular flexibility index (Phi) is 7.09. The van der Waals surface area contributed by atoms with Gasteiger partial charge in [0.25, 0.3) is 0 Å². The lowest BCUT2D eigenvalue weighted by Gasteiger charge is -2.23. The third-order valence-electron chi connectivity index (χ3n) is 4.43. The number of rotatable bonds is 8. The Bertz CT molecular complexity index is 536. The molecule has 0 bridgehead atoms. The Morgan fingerprint density at radius 1 is 1.17 bits per heavy atom. The molecule has 0 saturated carbocycles. The molecule has 1 aromatic carbocycles. The van der Waals surface area contributed by atoms with Gasteiger partial charge in [-0.25, -0.2) is 0 Å². The van der Waals surface area contributed by atoms with E-state index in [1.165, 1.54) is 18.5 Å². The molecular weight excluding hydrogens is 302 g/mol. The molecule has 5 heteroatoms. The molecule has 1 heterocycles. The van der Waals surface area contributed by atoms with Crippen LogP contribution in [0.5, 0.6) is 0 Å². The zero-order valence-electron chi connectivity index (χ0n) is 14.9. The summed E-state index contributed by atoms with van der Waals surface area (Å²) >= 11 is 0. The second kappa shape index (κ2) is 9.30. The van der Waals surface area contributed by atoms with Crippen molar-refractivity contribution in [2.45, 2.75) is 46.0 Å². The van der Waals surface area contributed by atoms with E-state index in [1.807, 2.05) is 12.1 Å². The Morgan fingerprint density at radius 2 is 1.83 bits per heavy atom. The molecule has 1 fully saturated rings. The summed E-state index contributed by atoms with van der Waals surface area (Å²) in [6, 6.07) is 8.09. The summed E-state index contributed by atoms with van der Waals surface area (Å²) in [6.45, 7) is 6.97. The molecule has 1 aromatic rings. The predicted octanol–water partition coefficient (Wildman–Crippen LogP) is 2.95. The minimum absolute atomic E-state index is 0.00314. The number of amides is 2. The molecule has 24 heavy (non-hydrogen) atoms. The smallest absolute Gasteiger partial charge is 0.223 e. The van der Waals surface area contributed by atoms with Crippen molar-refractivity contribution in [1.29, 1.82) is 0 Å². The van der Waals surface area contributed by atoms with Crippen molar-refractivity contribution in [3.63, 3.8) is 0 Å². The number of benzene rings is 1. The maximum absolute atomic E-state index is 11.9. The van der Waals surface area contributed by atoms with Crippen LogP contribution in [0.2, 0.25) is 0 Å². The van der Waals surface area contributed by atoms with Gasteiger partial charge < -0.3 is 15.1 Å². The molecule has 0 radical (unpaired) electrons. The average molecular weight is 331 g/mol. The van der Waals surface area contributed by atoms with Gasteiger partial charge in [0.1, 0.15) is 0 Å². The second-order valence-corrected chi connectivity index (χ2v) is 6.33. The maximum atomic E-state index is 11.9. The number of nitrogens with zero attached hydrogens (tertiary/aromatic N) is 2. The van der Waals surface area contributed by atoms with Crippen LogP contribution in [0, 0.1) is 0 Å². The zero-order chi connectivity index (χ0) is 17.4. The molecule has 1 N–H and O–H groups in total. The van der Waals surface area contributed by atoms with E-state index in [-0.39, 0.29) is 11.8 Å². The highest BCUT2D eigenvalue weighted by Gasteiger charge is 2.15. The first-order valence-corrected chi connectivity index (χ1v) is 9.01. The topological polar surface area (TPSA) is 52.7 Å². The molecule has 0 aromatic heterocycles. The highest BCUT2D eigenvalue weighted by molar-refractivity contribution is 5.92. The largest absolute Gasteiger partial charge is 0.372 e. The third kappa shape index (κ3) is 5.25. The zero-order valence-corrected chi connectivity index (χ0v) is 14.9. The van der Waals surface area contributed by atoms with Gasteiger partial charge in [-0.3, -0.25) is 9.59 Å². The third-order valence-corrected chi connectivity index (χ3v) is 4.43. The monoisotopic (exact) mass is 331 g/mol. The van der Waals surface area contributed by atoms with Crippen LogP contribution in [0.15, 0.2) is 24.3 Å². The molecule has 0 unspecified atom stereocenters. The molecular formula is C19H29N3O2. The molecule has 5 nitrogen and oxygen atoms in total. The normalized spacial score (nSPS) is 13.8. The molecule has 2 rings (SSSR count). The quantitative estimate of drug-likeness (QED) is 0.745. The number of unbranched alkanes of at least 4 members (excludes halogenated alkanes) is 1. The van der Waals surface area contributed by atoms with Crippen molar-refractivity contribution in [1.82, 2.24) is 5.32 Å². The van der Waals surface area contributed by atoms with Gasteiger partial charge in [0.15, 0.2) is 0 Å². The highest BCUT2D eigenvalue weighted by atomic mass is 16.2. The summed E-state index contributed by atoms with van der Waals surface area (Å²) in [5.41, 5.74) is 2.06. The van der Waals surface area contributed by atoms with Gasteiger partial charge in [0, 0.05) is 50.9 Å². The van der Waals surface area contributed by atoms with E-state index >= 15 is 0 Å².